The van der Waals surface area contributed by atoms with Gasteiger partial charge in [-0.2, -0.15) is 18.3 Å². The van der Waals surface area contributed by atoms with Gasteiger partial charge in [0.1, 0.15) is 0 Å². The minimum absolute atomic E-state index is 0.182. The lowest BCUT2D eigenvalue weighted by Crippen LogP contribution is -2.16. The molecule has 1 aromatic heterocycles. The molecule has 0 aliphatic carbocycles. The zero-order chi connectivity index (χ0) is 12.3. The fourth-order valence-corrected chi connectivity index (χ4v) is 1.61. The van der Waals surface area contributed by atoms with Gasteiger partial charge in [0, 0.05) is 11.9 Å². The molecule has 0 unspecified atom stereocenters. The minimum atomic E-state index is -4.20. The maximum Gasteiger partial charge on any atom is 0.394 e. The second-order valence-electron chi connectivity index (χ2n) is 3.76. The van der Waals surface area contributed by atoms with Crippen LogP contribution in [0, 0.1) is 0 Å². The SMILES string of the molecule is FC(F)(F)Cc1ccnn1Cc1ccccc1. The van der Waals surface area contributed by atoms with E-state index in [0.717, 1.165) is 5.56 Å². The summed E-state index contributed by atoms with van der Waals surface area (Å²) in [5.41, 5.74) is 1.11. The smallest absolute Gasteiger partial charge is 0.265 e. The van der Waals surface area contributed by atoms with Gasteiger partial charge in [-0.05, 0) is 11.6 Å². The molecule has 1 heterocycles. The number of hydrogen-bond donors (Lipinski definition) is 0. The number of alkyl halides is 3. The zero-order valence-corrected chi connectivity index (χ0v) is 8.98. The first-order chi connectivity index (χ1) is 8.04. The molecule has 90 valence electrons. The highest BCUT2D eigenvalue weighted by Gasteiger charge is 2.29. The molecular weight excluding hydrogens is 229 g/mol. The molecule has 1 aromatic carbocycles. The Morgan fingerprint density at radius 3 is 2.41 bits per heavy atom. The number of nitrogens with zero attached hydrogens (tertiary/aromatic N) is 2. The molecule has 0 saturated heterocycles. The fraction of sp³-hybridized carbons (Fsp3) is 0.250. The van der Waals surface area contributed by atoms with E-state index in [4.69, 9.17) is 0 Å². The normalized spacial score (nSPS) is 11.7. The lowest BCUT2D eigenvalue weighted by molar-refractivity contribution is -0.128. The third kappa shape index (κ3) is 3.34. The van der Waals surface area contributed by atoms with E-state index in [2.05, 4.69) is 5.10 Å². The van der Waals surface area contributed by atoms with Crippen LogP contribution in [0.2, 0.25) is 0 Å². The Balaban J connectivity index is 2.15. The number of halogens is 3. The van der Waals surface area contributed by atoms with Crippen LogP contribution in [-0.2, 0) is 13.0 Å². The Morgan fingerprint density at radius 2 is 1.76 bits per heavy atom. The van der Waals surface area contributed by atoms with Crippen LogP contribution in [0.1, 0.15) is 11.3 Å². The average Bonchev–Trinajstić information content (AvgIpc) is 2.65. The van der Waals surface area contributed by atoms with Crippen molar-refractivity contribution >= 4 is 0 Å². The first-order valence-electron chi connectivity index (χ1n) is 5.16. The fourth-order valence-electron chi connectivity index (χ4n) is 1.61. The molecule has 0 radical (unpaired) electrons. The van der Waals surface area contributed by atoms with Gasteiger partial charge in [-0.25, -0.2) is 0 Å². The van der Waals surface area contributed by atoms with Crippen molar-refractivity contribution in [2.75, 3.05) is 0 Å². The molecule has 0 spiro atoms. The van der Waals surface area contributed by atoms with Crippen molar-refractivity contribution in [2.24, 2.45) is 0 Å². The van der Waals surface area contributed by atoms with Crippen molar-refractivity contribution in [3.63, 3.8) is 0 Å². The minimum Gasteiger partial charge on any atom is -0.265 e. The number of benzene rings is 1. The van der Waals surface area contributed by atoms with E-state index in [-0.39, 0.29) is 5.69 Å². The highest BCUT2D eigenvalue weighted by molar-refractivity contribution is 5.16. The van der Waals surface area contributed by atoms with Gasteiger partial charge in [0.25, 0.3) is 0 Å². The molecule has 0 aliphatic rings. The summed E-state index contributed by atoms with van der Waals surface area (Å²) in [6.07, 6.45) is -3.75. The molecule has 0 bridgehead atoms. The molecule has 0 atom stereocenters. The third-order valence-corrected chi connectivity index (χ3v) is 2.36. The molecule has 0 fully saturated rings. The Hall–Kier alpha value is -1.78. The molecule has 0 aliphatic heterocycles. The second kappa shape index (κ2) is 4.61. The molecule has 0 saturated carbocycles. The van der Waals surface area contributed by atoms with E-state index < -0.39 is 12.6 Å². The summed E-state index contributed by atoms with van der Waals surface area (Å²) < 4.78 is 38.3. The molecule has 2 aromatic rings. The van der Waals surface area contributed by atoms with E-state index in [0.29, 0.717) is 6.54 Å². The van der Waals surface area contributed by atoms with Crippen LogP contribution in [0.15, 0.2) is 42.6 Å². The van der Waals surface area contributed by atoms with Gasteiger partial charge in [-0.3, -0.25) is 4.68 Å². The Labute approximate surface area is 96.7 Å². The van der Waals surface area contributed by atoms with E-state index in [1.54, 1.807) is 0 Å². The zero-order valence-electron chi connectivity index (χ0n) is 8.98. The topological polar surface area (TPSA) is 17.8 Å². The predicted molar refractivity (Wildman–Crippen MR) is 57.5 cm³/mol. The highest BCUT2D eigenvalue weighted by Crippen LogP contribution is 2.21. The summed E-state index contributed by atoms with van der Waals surface area (Å²) in [4.78, 5) is 0. The quantitative estimate of drug-likeness (QED) is 0.806. The second-order valence-corrected chi connectivity index (χ2v) is 3.76. The van der Waals surface area contributed by atoms with Crippen LogP contribution in [0.3, 0.4) is 0 Å². The van der Waals surface area contributed by atoms with Crippen molar-refractivity contribution < 1.29 is 13.2 Å². The molecule has 5 heteroatoms. The summed E-state index contributed by atoms with van der Waals surface area (Å²) in [7, 11) is 0. The maximum atomic E-state index is 12.3. The van der Waals surface area contributed by atoms with Crippen molar-refractivity contribution in [3.8, 4) is 0 Å². The molecule has 2 rings (SSSR count). The van der Waals surface area contributed by atoms with Crippen LogP contribution in [0.5, 0.6) is 0 Å². The van der Waals surface area contributed by atoms with Crippen LogP contribution < -0.4 is 0 Å². The van der Waals surface area contributed by atoms with Crippen LogP contribution >= 0.6 is 0 Å². The molecule has 17 heavy (non-hydrogen) atoms. The number of rotatable bonds is 3. The summed E-state index contributed by atoms with van der Waals surface area (Å²) in [6, 6.07) is 10.7. The summed E-state index contributed by atoms with van der Waals surface area (Å²) in [5.74, 6) is 0. The van der Waals surface area contributed by atoms with E-state index >= 15 is 0 Å². The Bertz CT molecular complexity index is 474. The lowest BCUT2D eigenvalue weighted by Gasteiger charge is -2.09. The van der Waals surface area contributed by atoms with Gasteiger partial charge in [-0.15, -0.1) is 0 Å². The molecule has 0 amide bonds. The van der Waals surface area contributed by atoms with Crippen molar-refractivity contribution in [2.45, 2.75) is 19.1 Å². The predicted octanol–water partition coefficient (Wildman–Crippen LogP) is 3.04. The van der Waals surface area contributed by atoms with E-state index in [9.17, 15) is 13.2 Å². The lowest BCUT2D eigenvalue weighted by atomic mass is 10.2. The third-order valence-electron chi connectivity index (χ3n) is 2.36. The number of aromatic nitrogens is 2. The molecular formula is C12H11F3N2. The maximum absolute atomic E-state index is 12.3. The molecule has 0 N–H and O–H groups in total. The van der Waals surface area contributed by atoms with Gasteiger partial charge in [0.05, 0.1) is 13.0 Å². The molecule has 2 nitrogen and oxygen atoms in total. The van der Waals surface area contributed by atoms with E-state index in [1.165, 1.54) is 16.9 Å². The summed E-state index contributed by atoms with van der Waals surface area (Å²) in [5, 5.41) is 3.91. The first kappa shape index (κ1) is 11.7. The average molecular weight is 240 g/mol. The Morgan fingerprint density at radius 1 is 1.06 bits per heavy atom. The van der Waals surface area contributed by atoms with E-state index in [1.807, 2.05) is 30.3 Å². The van der Waals surface area contributed by atoms with Gasteiger partial charge in [-0.1, -0.05) is 30.3 Å². The van der Waals surface area contributed by atoms with Gasteiger partial charge >= 0.3 is 6.18 Å². The van der Waals surface area contributed by atoms with Gasteiger partial charge < -0.3 is 0 Å². The highest BCUT2D eigenvalue weighted by atomic mass is 19.4. The van der Waals surface area contributed by atoms with Crippen LogP contribution in [-0.4, -0.2) is 16.0 Å². The summed E-state index contributed by atoms with van der Waals surface area (Å²) >= 11 is 0. The van der Waals surface area contributed by atoms with Crippen molar-refractivity contribution in [3.05, 3.63) is 53.9 Å². The van der Waals surface area contributed by atoms with Crippen LogP contribution in [0.25, 0.3) is 0 Å². The Kier molecular flexibility index (Phi) is 3.17. The van der Waals surface area contributed by atoms with Crippen molar-refractivity contribution in [1.82, 2.24) is 9.78 Å². The standard InChI is InChI=1S/C12H11F3N2/c13-12(14,15)8-11-6-7-16-17(11)9-10-4-2-1-3-5-10/h1-7H,8-9H2. The number of hydrogen-bond acceptors (Lipinski definition) is 1. The largest absolute Gasteiger partial charge is 0.394 e. The first-order valence-corrected chi connectivity index (χ1v) is 5.16. The van der Waals surface area contributed by atoms with Crippen molar-refractivity contribution in [1.29, 1.82) is 0 Å². The summed E-state index contributed by atoms with van der Waals surface area (Å²) in [6.45, 7) is 0.360. The van der Waals surface area contributed by atoms with Gasteiger partial charge in [0.2, 0.25) is 0 Å². The van der Waals surface area contributed by atoms with Gasteiger partial charge in [0.15, 0.2) is 0 Å². The monoisotopic (exact) mass is 240 g/mol. The van der Waals surface area contributed by atoms with Crippen LogP contribution in [0.4, 0.5) is 13.2 Å².